The zero-order chi connectivity index (χ0) is 15.4. The van der Waals surface area contributed by atoms with Crippen LogP contribution < -0.4 is 16.2 Å². The van der Waals surface area contributed by atoms with Crippen molar-refractivity contribution in [2.75, 3.05) is 16.8 Å². The number of aryl methyl sites for hydroxylation is 1. The molecule has 3 N–H and O–H groups in total. The minimum atomic E-state index is -1.29. The first-order chi connectivity index (χ1) is 9.95. The predicted molar refractivity (Wildman–Crippen MR) is 79.2 cm³/mol. The second kappa shape index (κ2) is 6.55. The first kappa shape index (κ1) is 15.3. The lowest BCUT2D eigenvalue weighted by atomic mass is 10.1. The Bertz CT molecular complexity index is 687. The Kier molecular flexibility index (Phi) is 4.76. The predicted octanol–water partition coefficient (Wildman–Crippen LogP) is 0.523. The van der Waals surface area contributed by atoms with Crippen LogP contribution in [-0.2, 0) is 4.79 Å². The van der Waals surface area contributed by atoms with Gasteiger partial charge in [0.2, 0.25) is 11.0 Å². The molecular weight excluding hydrogens is 312 g/mol. The molecule has 0 saturated heterocycles. The minimum absolute atomic E-state index is 0.0143. The fraction of sp³-hybridized carbons (Fsp3) is 0.167. The van der Waals surface area contributed by atoms with Gasteiger partial charge in [0.1, 0.15) is 0 Å². The maximum absolute atomic E-state index is 11.9. The molecule has 1 amide bonds. The molecule has 2 aromatic rings. The minimum Gasteiger partial charge on any atom is -0.545 e. The summed E-state index contributed by atoms with van der Waals surface area (Å²) in [6, 6.07) is 4.41. The number of carboxylic acids is 1. The van der Waals surface area contributed by atoms with Crippen LogP contribution in [0, 0.1) is 6.92 Å². The molecule has 9 heteroatoms. The summed E-state index contributed by atoms with van der Waals surface area (Å²) >= 11 is 2.41. The lowest BCUT2D eigenvalue weighted by molar-refractivity contribution is -0.255. The topological polar surface area (TPSA) is 121 Å². The van der Waals surface area contributed by atoms with Crippen molar-refractivity contribution in [1.29, 1.82) is 0 Å². The van der Waals surface area contributed by atoms with E-state index in [1.54, 1.807) is 13.0 Å². The first-order valence-corrected chi connectivity index (χ1v) is 7.59. The number of nitrogens with two attached hydrogens (primary N) is 1. The lowest BCUT2D eigenvalue weighted by Gasteiger charge is -2.10. The normalized spacial score (nSPS) is 10.3. The summed E-state index contributed by atoms with van der Waals surface area (Å²) in [6.07, 6.45) is 0. The summed E-state index contributed by atoms with van der Waals surface area (Å²) in [4.78, 5) is 22.7. The molecule has 0 saturated carbocycles. The lowest BCUT2D eigenvalue weighted by Crippen LogP contribution is -2.23. The number of hydrogen-bond acceptors (Lipinski definition) is 8. The highest BCUT2D eigenvalue weighted by Gasteiger charge is 2.09. The summed E-state index contributed by atoms with van der Waals surface area (Å²) in [5.74, 6) is -1.43. The van der Waals surface area contributed by atoms with Crippen LogP contribution in [-0.4, -0.2) is 27.8 Å². The van der Waals surface area contributed by atoms with Crippen LogP contribution in [0.2, 0.25) is 0 Å². The van der Waals surface area contributed by atoms with Crippen LogP contribution in [0.4, 0.5) is 10.8 Å². The SMILES string of the molecule is Cc1ccc(C(=O)[O-])cc1NC(=O)CSc1nnc(N)s1. The number of benzene rings is 1. The largest absolute Gasteiger partial charge is 0.545 e. The van der Waals surface area contributed by atoms with E-state index in [1.807, 2.05) is 0 Å². The summed E-state index contributed by atoms with van der Waals surface area (Å²) < 4.78 is 0.600. The highest BCUT2D eigenvalue weighted by atomic mass is 32.2. The average molecular weight is 323 g/mol. The number of hydrogen-bond donors (Lipinski definition) is 2. The van der Waals surface area contributed by atoms with Crippen molar-refractivity contribution >= 4 is 45.8 Å². The van der Waals surface area contributed by atoms with Crippen LogP contribution in [0.15, 0.2) is 22.5 Å². The number of carbonyl (C=O) groups is 2. The highest BCUT2D eigenvalue weighted by molar-refractivity contribution is 8.01. The van der Waals surface area contributed by atoms with E-state index in [0.29, 0.717) is 15.2 Å². The molecule has 0 fully saturated rings. The Morgan fingerprint density at radius 1 is 1.43 bits per heavy atom. The maximum atomic E-state index is 11.9. The molecule has 1 aromatic carbocycles. The monoisotopic (exact) mass is 323 g/mol. The summed E-state index contributed by atoms with van der Waals surface area (Å²) in [5.41, 5.74) is 6.66. The van der Waals surface area contributed by atoms with Gasteiger partial charge in [-0.15, -0.1) is 10.2 Å². The average Bonchev–Trinajstić information content (AvgIpc) is 2.84. The van der Waals surface area contributed by atoms with E-state index in [9.17, 15) is 14.7 Å². The molecule has 1 heterocycles. The fourth-order valence-electron chi connectivity index (χ4n) is 1.48. The van der Waals surface area contributed by atoms with Crippen LogP contribution in [0.1, 0.15) is 15.9 Å². The quantitative estimate of drug-likeness (QED) is 0.769. The van der Waals surface area contributed by atoms with Gasteiger partial charge in [-0.1, -0.05) is 35.2 Å². The Morgan fingerprint density at radius 3 is 2.81 bits per heavy atom. The van der Waals surface area contributed by atoms with Gasteiger partial charge in [-0.05, 0) is 24.1 Å². The van der Waals surface area contributed by atoms with Crippen LogP contribution >= 0.6 is 23.1 Å². The number of nitrogens with zero attached hydrogens (tertiary/aromatic N) is 2. The van der Waals surface area contributed by atoms with Crippen molar-refractivity contribution in [3.8, 4) is 0 Å². The van der Waals surface area contributed by atoms with Gasteiger partial charge in [0, 0.05) is 5.69 Å². The molecule has 1 aromatic heterocycles. The van der Waals surface area contributed by atoms with Gasteiger partial charge in [-0.25, -0.2) is 0 Å². The van der Waals surface area contributed by atoms with Gasteiger partial charge < -0.3 is 21.0 Å². The third-order valence-corrected chi connectivity index (χ3v) is 4.38. The second-order valence-electron chi connectivity index (χ2n) is 4.06. The zero-order valence-corrected chi connectivity index (χ0v) is 12.6. The van der Waals surface area contributed by atoms with Crippen LogP contribution in [0.25, 0.3) is 0 Å². The number of thioether (sulfide) groups is 1. The van der Waals surface area contributed by atoms with Gasteiger partial charge >= 0.3 is 0 Å². The molecule has 0 aliphatic rings. The molecular formula is C12H11N4O3S2-. The molecule has 2 rings (SSSR count). The first-order valence-electron chi connectivity index (χ1n) is 5.79. The van der Waals surface area contributed by atoms with Gasteiger partial charge in [-0.2, -0.15) is 0 Å². The number of carboxylic acid groups (broad SMARTS) is 1. The molecule has 0 bridgehead atoms. The molecule has 7 nitrogen and oxygen atoms in total. The molecule has 0 aliphatic heterocycles. The zero-order valence-electron chi connectivity index (χ0n) is 11.0. The number of nitrogen functional groups attached to an aromatic ring is 1. The van der Waals surface area contributed by atoms with E-state index < -0.39 is 5.97 Å². The van der Waals surface area contributed by atoms with E-state index in [-0.39, 0.29) is 17.2 Å². The van der Waals surface area contributed by atoms with Gasteiger partial charge in [0.15, 0.2) is 4.34 Å². The molecule has 21 heavy (non-hydrogen) atoms. The molecule has 0 unspecified atom stereocenters. The van der Waals surface area contributed by atoms with Gasteiger partial charge in [-0.3, -0.25) is 4.79 Å². The Morgan fingerprint density at radius 2 is 2.19 bits per heavy atom. The maximum Gasteiger partial charge on any atom is 0.234 e. The number of anilines is 2. The van der Waals surface area contributed by atoms with E-state index >= 15 is 0 Å². The van der Waals surface area contributed by atoms with Crippen molar-refractivity contribution in [3.05, 3.63) is 29.3 Å². The molecule has 0 aliphatic carbocycles. The number of rotatable bonds is 5. The number of aromatic carboxylic acids is 1. The number of aromatic nitrogens is 2. The van der Waals surface area contributed by atoms with Crippen LogP contribution in [0.3, 0.4) is 0 Å². The molecule has 0 radical (unpaired) electrons. The Labute approximate surface area is 128 Å². The molecule has 0 atom stereocenters. The summed E-state index contributed by atoms with van der Waals surface area (Å²) in [5, 5.41) is 21.2. The third kappa shape index (κ3) is 4.17. The third-order valence-electron chi connectivity index (χ3n) is 2.50. The Hall–Kier alpha value is -2.13. The van der Waals surface area contributed by atoms with E-state index in [0.717, 1.165) is 5.56 Å². The summed E-state index contributed by atoms with van der Waals surface area (Å²) in [6.45, 7) is 1.77. The second-order valence-corrected chi connectivity index (χ2v) is 6.29. The Balaban J connectivity index is 1.99. The van der Waals surface area contributed by atoms with E-state index in [4.69, 9.17) is 5.73 Å². The smallest absolute Gasteiger partial charge is 0.234 e. The van der Waals surface area contributed by atoms with Crippen molar-refractivity contribution < 1.29 is 14.7 Å². The number of nitrogens with one attached hydrogen (secondary N) is 1. The van der Waals surface area contributed by atoms with Gasteiger partial charge in [0.25, 0.3) is 0 Å². The highest BCUT2D eigenvalue weighted by Crippen LogP contribution is 2.24. The van der Waals surface area contributed by atoms with Crippen molar-refractivity contribution in [2.45, 2.75) is 11.3 Å². The van der Waals surface area contributed by atoms with Crippen molar-refractivity contribution in [1.82, 2.24) is 10.2 Å². The van der Waals surface area contributed by atoms with E-state index in [2.05, 4.69) is 15.5 Å². The molecule has 0 spiro atoms. The van der Waals surface area contributed by atoms with E-state index in [1.165, 1.54) is 35.2 Å². The molecule has 110 valence electrons. The fourth-order valence-corrected chi connectivity index (χ4v) is 2.91. The standard InChI is InChI=1S/C12H12N4O3S2/c1-6-2-3-7(10(18)19)4-8(6)14-9(17)5-20-12-16-15-11(13)21-12/h2-4H,5H2,1H3,(H2,13,15)(H,14,17)(H,18,19)/p-1. The number of amides is 1. The van der Waals surface area contributed by atoms with Gasteiger partial charge in [0.05, 0.1) is 11.7 Å². The summed E-state index contributed by atoms with van der Waals surface area (Å²) in [7, 11) is 0. The van der Waals surface area contributed by atoms with Crippen molar-refractivity contribution in [3.63, 3.8) is 0 Å². The van der Waals surface area contributed by atoms with Crippen molar-refractivity contribution in [2.24, 2.45) is 0 Å². The number of carbonyl (C=O) groups excluding carboxylic acids is 2. The van der Waals surface area contributed by atoms with Crippen LogP contribution in [0.5, 0.6) is 0 Å².